The van der Waals surface area contributed by atoms with Gasteiger partial charge in [0.2, 0.25) is 0 Å². The monoisotopic (exact) mass is 306 g/mol. The van der Waals surface area contributed by atoms with Crippen LogP contribution >= 0.6 is 0 Å². The average Bonchev–Trinajstić information content (AvgIpc) is 2.95. The first-order chi connectivity index (χ1) is 10.4. The Balaban J connectivity index is 2.06. The van der Waals surface area contributed by atoms with Crippen molar-refractivity contribution in [2.45, 2.75) is 87.0 Å². The lowest BCUT2D eigenvalue weighted by atomic mass is 9.72. The van der Waals surface area contributed by atoms with Gasteiger partial charge in [-0.2, -0.15) is 0 Å². The second-order valence-electron chi connectivity index (χ2n) is 9.49. The molecule has 8 unspecified atom stereocenters. The molecule has 0 aromatic rings. The van der Waals surface area contributed by atoms with Gasteiger partial charge in [-0.25, -0.2) is 0 Å². The third-order valence-electron chi connectivity index (χ3n) is 7.61. The Morgan fingerprint density at radius 2 is 1.59 bits per heavy atom. The van der Waals surface area contributed by atoms with Crippen molar-refractivity contribution >= 4 is 0 Å². The van der Waals surface area contributed by atoms with Crippen LogP contribution in [0, 0.1) is 53.3 Å². The molecule has 0 saturated heterocycles. The maximum absolute atomic E-state index is 2.54. The molecule has 0 spiro atoms. The summed E-state index contributed by atoms with van der Waals surface area (Å²) in [7, 11) is 0. The van der Waals surface area contributed by atoms with E-state index in [0.717, 1.165) is 53.3 Å². The Labute approximate surface area is 140 Å². The van der Waals surface area contributed by atoms with Gasteiger partial charge in [0.05, 0.1) is 0 Å². The summed E-state index contributed by atoms with van der Waals surface area (Å²) in [5.41, 5.74) is 0. The van der Waals surface area contributed by atoms with Crippen LogP contribution in [0.5, 0.6) is 0 Å². The van der Waals surface area contributed by atoms with Gasteiger partial charge in [0, 0.05) is 0 Å². The first-order valence-electron chi connectivity index (χ1n) is 10.4. The van der Waals surface area contributed by atoms with Crippen molar-refractivity contribution in [3.05, 3.63) is 0 Å². The Hall–Kier alpha value is 0. The fraction of sp³-hybridized carbons (Fsp3) is 1.00. The zero-order valence-electron chi connectivity index (χ0n) is 16.4. The molecule has 0 heteroatoms. The van der Waals surface area contributed by atoms with Crippen molar-refractivity contribution in [1.29, 1.82) is 0 Å². The van der Waals surface area contributed by atoms with Crippen LogP contribution in [0.4, 0.5) is 0 Å². The molecule has 0 nitrogen and oxygen atoms in total. The summed E-state index contributed by atoms with van der Waals surface area (Å²) < 4.78 is 0. The van der Waals surface area contributed by atoms with Crippen molar-refractivity contribution in [1.82, 2.24) is 0 Å². The van der Waals surface area contributed by atoms with Crippen LogP contribution in [0.25, 0.3) is 0 Å². The summed E-state index contributed by atoms with van der Waals surface area (Å²) in [6, 6.07) is 0. The molecule has 8 atom stereocenters. The second kappa shape index (κ2) is 7.71. The van der Waals surface area contributed by atoms with E-state index in [9.17, 15) is 0 Å². The van der Waals surface area contributed by atoms with Crippen molar-refractivity contribution in [3.63, 3.8) is 0 Å². The normalized spacial score (nSPS) is 43.9. The van der Waals surface area contributed by atoms with Gasteiger partial charge in [0.25, 0.3) is 0 Å². The van der Waals surface area contributed by atoms with Crippen LogP contribution in [0.1, 0.15) is 87.0 Å². The first kappa shape index (κ1) is 18.3. The summed E-state index contributed by atoms with van der Waals surface area (Å²) in [5, 5.41) is 0. The smallest absolute Gasteiger partial charge is 0.0334 e. The highest BCUT2D eigenvalue weighted by Crippen LogP contribution is 2.52. The summed E-state index contributed by atoms with van der Waals surface area (Å²) in [4.78, 5) is 0. The maximum Gasteiger partial charge on any atom is -0.0334 e. The topological polar surface area (TPSA) is 0 Å². The molecule has 130 valence electrons. The van der Waals surface area contributed by atoms with Crippen LogP contribution in [0.15, 0.2) is 0 Å². The Bertz CT molecular complexity index is 331. The molecular weight excluding hydrogens is 264 g/mol. The van der Waals surface area contributed by atoms with Crippen molar-refractivity contribution in [3.8, 4) is 0 Å². The number of hydrogen-bond donors (Lipinski definition) is 0. The molecule has 0 aromatic carbocycles. The van der Waals surface area contributed by atoms with Gasteiger partial charge in [-0.15, -0.1) is 0 Å². The van der Waals surface area contributed by atoms with E-state index < -0.39 is 0 Å². The van der Waals surface area contributed by atoms with Crippen LogP contribution in [0.2, 0.25) is 0 Å². The zero-order chi connectivity index (χ0) is 16.4. The van der Waals surface area contributed by atoms with Crippen molar-refractivity contribution in [2.24, 2.45) is 53.3 Å². The van der Waals surface area contributed by atoms with Gasteiger partial charge in [0.15, 0.2) is 0 Å². The fourth-order valence-electron chi connectivity index (χ4n) is 6.77. The summed E-state index contributed by atoms with van der Waals surface area (Å²) in [6.07, 6.45) is 8.84. The van der Waals surface area contributed by atoms with Gasteiger partial charge in [-0.1, -0.05) is 61.3 Å². The third-order valence-corrected chi connectivity index (χ3v) is 7.61. The summed E-state index contributed by atoms with van der Waals surface area (Å²) >= 11 is 0. The van der Waals surface area contributed by atoms with E-state index in [4.69, 9.17) is 0 Å². The van der Waals surface area contributed by atoms with E-state index in [0.29, 0.717) is 0 Å². The average molecular weight is 307 g/mol. The molecule has 22 heavy (non-hydrogen) atoms. The van der Waals surface area contributed by atoms with Crippen LogP contribution < -0.4 is 0 Å². The predicted molar refractivity (Wildman–Crippen MR) is 98.8 cm³/mol. The lowest BCUT2D eigenvalue weighted by Gasteiger charge is -2.34. The van der Waals surface area contributed by atoms with Gasteiger partial charge in [-0.3, -0.25) is 0 Å². The van der Waals surface area contributed by atoms with Gasteiger partial charge >= 0.3 is 0 Å². The van der Waals surface area contributed by atoms with Crippen LogP contribution in [0.3, 0.4) is 0 Å². The molecule has 0 heterocycles. The minimum absolute atomic E-state index is 0.868. The lowest BCUT2D eigenvalue weighted by Crippen LogP contribution is -2.26. The third kappa shape index (κ3) is 3.73. The molecule has 2 aliphatic rings. The van der Waals surface area contributed by atoms with E-state index in [1.54, 1.807) is 0 Å². The number of hydrogen-bond acceptors (Lipinski definition) is 0. The Kier molecular flexibility index (Phi) is 6.43. The fourth-order valence-corrected chi connectivity index (χ4v) is 6.77. The van der Waals surface area contributed by atoms with Gasteiger partial charge in [-0.05, 0) is 78.9 Å². The molecular formula is C22H42. The molecule has 0 aliphatic heterocycles. The largest absolute Gasteiger partial charge is 0.0651 e. The minimum atomic E-state index is 0.868. The van der Waals surface area contributed by atoms with Crippen molar-refractivity contribution < 1.29 is 0 Å². The Morgan fingerprint density at radius 1 is 0.909 bits per heavy atom. The van der Waals surface area contributed by atoms with Crippen LogP contribution in [-0.2, 0) is 0 Å². The van der Waals surface area contributed by atoms with Crippen LogP contribution in [-0.4, -0.2) is 0 Å². The first-order valence-corrected chi connectivity index (χ1v) is 10.4. The zero-order valence-corrected chi connectivity index (χ0v) is 16.4. The van der Waals surface area contributed by atoms with E-state index in [2.05, 4.69) is 48.5 Å². The van der Waals surface area contributed by atoms with E-state index >= 15 is 0 Å². The second-order valence-corrected chi connectivity index (χ2v) is 9.49. The molecule has 2 saturated carbocycles. The number of rotatable bonds is 6. The molecule has 2 aliphatic carbocycles. The molecule has 0 aromatic heterocycles. The molecule has 0 N–H and O–H groups in total. The molecule has 0 amide bonds. The minimum Gasteiger partial charge on any atom is -0.0651 e. The molecule has 2 rings (SSSR count). The SMILES string of the molecule is CCC(CC1CC(C)CC1C)C1CC(C)C(C(C)C)C1CC. The molecule has 2 fully saturated rings. The standard InChI is InChI=1S/C22H42/c1-8-18(13-19-11-15(5)10-16(19)6)21-12-17(7)22(14(3)4)20(21)9-2/h14-22H,8-13H2,1-7H3. The predicted octanol–water partition coefficient (Wildman–Crippen LogP) is 7.04. The molecule has 0 radical (unpaired) electrons. The lowest BCUT2D eigenvalue weighted by molar-refractivity contribution is 0.154. The summed E-state index contributed by atoms with van der Waals surface area (Å²) in [6.45, 7) is 17.4. The Morgan fingerprint density at radius 3 is 2.05 bits per heavy atom. The summed E-state index contributed by atoms with van der Waals surface area (Å²) in [5.74, 6) is 8.77. The maximum atomic E-state index is 2.54. The van der Waals surface area contributed by atoms with E-state index in [1.807, 2.05) is 0 Å². The highest BCUT2D eigenvalue weighted by molar-refractivity contribution is 4.94. The molecule has 0 bridgehead atoms. The van der Waals surface area contributed by atoms with Gasteiger partial charge in [0.1, 0.15) is 0 Å². The highest BCUT2D eigenvalue weighted by atomic mass is 14.5. The van der Waals surface area contributed by atoms with E-state index in [1.165, 1.54) is 38.5 Å². The quantitative estimate of drug-likeness (QED) is 0.493. The van der Waals surface area contributed by atoms with Crippen molar-refractivity contribution in [2.75, 3.05) is 0 Å². The van der Waals surface area contributed by atoms with Gasteiger partial charge < -0.3 is 0 Å². The highest BCUT2D eigenvalue weighted by Gasteiger charge is 2.44. The van der Waals surface area contributed by atoms with E-state index in [-0.39, 0.29) is 0 Å².